The monoisotopic (exact) mass is 402 g/mol. The van der Waals surface area contributed by atoms with Gasteiger partial charge in [0.1, 0.15) is 0 Å². The number of aromatic nitrogens is 1. The maximum Gasteiger partial charge on any atom is 0.323 e. The highest BCUT2D eigenvalue weighted by atomic mass is 32.1. The van der Waals surface area contributed by atoms with E-state index in [1.165, 1.54) is 16.9 Å². The second kappa shape index (κ2) is 8.28. The number of carbonyl (C=O) groups is 2. The Balaban J connectivity index is 1.50. The molecule has 7 nitrogen and oxygen atoms in total. The lowest BCUT2D eigenvalue weighted by molar-refractivity contribution is -0.120. The number of carbonyl (C=O) groups excluding carboxylic acids is 2. The number of benzene rings is 1. The molecule has 1 fully saturated rings. The van der Waals surface area contributed by atoms with E-state index in [1.807, 2.05) is 24.3 Å². The molecule has 150 valence electrons. The number of thiazole rings is 1. The van der Waals surface area contributed by atoms with Gasteiger partial charge in [-0.3, -0.25) is 9.69 Å². The van der Waals surface area contributed by atoms with E-state index in [4.69, 9.17) is 0 Å². The van der Waals surface area contributed by atoms with Gasteiger partial charge in [-0.05, 0) is 16.5 Å². The lowest BCUT2D eigenvalue weighted by atomic mass is 9.86. The molecule has 3 N–H and O–H groups in total. The fourth-order valence-electron chi connectivity index (χ4n) is 2.92. The smallest absolute Gasteiger partial charge is 0.323 e. The minimum Gasteiger partial charge on any atom is -0.387 e. The molecule has 0 spiro atoms. The minimum absolute atomic E-state index is 0.0554. The molecule has 2 heterocycles. The maximum atomic E-state index is 12.2. The summed E-state index contributed by atoms with van der Waals surface area (Å²) >= 11 is 1.34. The summed E-state index contributed by atoms with van der Waals surface area (Å²) in [6.45, 7) is 7.73. The zero-order valence-electron chi connectivity index (χ0n) is 16.4. The fraction of sp³-hybridized carbons (Fsp3) is 0.450. The number of nitrogens with one attached hydrogen (secondary N) is 2. The van der Waals surface area contributed by atoms with Gasteiger partial charge in [0.05, 0.1) is 18.2 Å². The maximum absolute atomic E-state index is 12.2. The molecule has 1 aromatic carbocycles. The number of aliphatic hydroxyl groups is 1. The number of amides is 3. The van der Waals surface area contributed by atoms with Gasteiger partial charge in [-0.15, -0.1) is 11.3 Å². The SMILES string of the molecule is CC(C)(C)c1ccc(C(O)CNC(=O)Cc2csc(N3CCNC3=O)n2)cc1. The van der Waals surface area contributed by atoms with Crippen LogP contribution in [0.2, 0.25) is 0 Å². The highest BCUT2D eigenvalue weighted by molar-refractivity contribution is 7.14. The predicted octanol–water partition coefficient (Wildman–Crippen LogP) is 2.36. The number of hydrogen-bond donors (Lipinski definition) is 3. The van der Waals surface area contributed by atoms with Crippen LogP contribution >= 0.6 is 11.3 Å². The van der Waals surface area contributed by atoms with Gasteiger partial charge in [0, 0.05) is 25.0 Å². The zero-order valence-corrected chi connectivity index (χ0v) is 17.2. The minimum atomic E-state index is -0.766. The first-order chi connectivity index (χ1) is 13.2. The van der Waals surface area contributed by atoms with Crippen LogP contribution in [0.15, 0.2) is 29.6 Å². The fourth-order valence-corrected chi connectivity index (χ4v) is 3.77. The molecule has 1 aliphatic rings. The summed E-state index contributed by atoms with van der Waals surface area (Å²) in [6, 6.07) is 7.64. The van der Waals surface area contributed by atoms with Crippen molar-refractivity contribution in [2.24, 2.45) is 0 Å². The molecule has 0 bridgehead atoms. The van der Waals surface area contributed by atoms with E-state index >= 15 is 0 Å². The van der Waals surface area contributed by atoms with Crippen LogP contribution in [0.5, 0.6) is 0 Å². The highest BCUT2D eigenvalue weighted by Gasteiger charge is 2.24. The molecule has 1 saturated heterocycles. The number of nitrogens with zero attached hydrogens (tertiary/aromatic N) is 2. The number of aliphatic hydroxyl groups excluding tert-OH is 1. The lowest BCUT2D eigenvalue weighted by Crippen LogP contribution is -2.30. The second-order valence-corrected chi connectivity index (χ2v) is 8.71. The number of rotatable bonds is 6. The topological polar surface area (TPSA) is 94.6 Å². The molecule has 0 aliphatic carbocycles. The van der Waals surface area contributed by atoms with Crippen molar-refractivity contribution < 1.29 is 14.7 Å². The molecule has 0 saturated carbocycles. The summed E-state index contributed by atoms with van der Waals surface area (Å²) in [5, 5.41) is 18.2. The summed E-state index contributed by atoms with van der Waals surface area (Å²) < 4.78 is 0. The van der Waals surface area contributed by atoms with Crippen LogP contribution in [0, 0.1) is 0 Å². The van der Waals surface area contributed by atoms with Crippen LogP contribution in [-0.2, 0) is 16.6 Å². The molecule has 3 rings (SSSR count). The summed E-state index contributed by atoms with van der Waals surface area (Å²) in [7, 11) is 0. The zero-order chi connectivity index (χ0) is 20.3. The Morgan fingerprint density at radius 3 is 2.68 bits per heavy atom. The van der Waals surface area contributed by atoms with Gasteiger partial charge in [-0.2, -0.15) is 0 Å². The van der Waals surface area contributed by atoms with E-state index in [1.54, 1.807) is 10.3 Å². The first-order valence-electron chi connectivity index (χ1n) is 9.29. The highest BCUT2D eigenvalue weighted by Crippen LogP contribution is 2.24. The second-order valence-electron chi connectivity index (χ2n) is 7.87. The van der Waals surface area contributed by atoms with Crippen molar-refractivity contribution >= 4 is 28.4 Å². The largest absolute Gasteiger partial charge is 0.387 e. The Morgan fingerprint density at radius 2 is 2.07 bits per heavy atom. The average Bonchev–Trinajstić information content (AvgIpc) is 3.27. The Morgan fingerprint density at radius 1 is 1.36 bits per heavy atom. The van der Waals surface area contributed by atoms with Crippen molar-refractivity contribution in [3.8, 4) is 0 Å². The van der Waals surface area contributed by atoms with E-state index in [0.29, 0.717) is 23.9 Å². The Kier molecular flexibility index (Phi) is 6.00. The van der Waals surface area contributed by atoms with Crippen LogP contribution in [0.25, 0.3) is 0 Å². The van der Waals surface area contributed by atoms with E-state index in [0.717, 1.165) is 5.56 Å². The molecule has 8 heteroatoms. The summed E-state index contributed by atoms with van der Waals surface area (Å²) in [4.78, 5) is 29.8. The van der Waals surface area contributed by atoms with Gasteiger partial charge in [0.2, 0.25) is 5.91 Å². The molecule has 1 aromatic heterocycles. The quantitative estimate of drug-likeness (QED) is 0.691. The van der Waals surface area contributed by atoms with Crippen LogP contribution in [0.1, 0.15) is 43.7 Å². The molecule has 28 heavy (non-hydrogen) atoms. The van der Waals surface area contributed by atoms with E-state index in [-0.39, 0.29) is 30.3 Å². The molecule has 2 aromatic rings. The number of anilines is 1. The third-order valence-electron chi connectivity index (χ3n) is 4.62. The molecule has 1 aliphatic heterocycles. The molecular weight excluding hydrogens is 376 g/mol. The predicted molar refractivity (Wildman–Crippen MR) is 110 cm³/mol. The Labute approximate surface area is 168 Å². The average molecular weight is 403 g/mol. The Hall–Kier alpha value is -2.45. The molecule has 1 atom stereocenters. The van der Waals surface area contributed by atoms with Gasteiger partial charge in [0.25, 0.3) is 0 Å². The van der Waals surface area contributed by atoms with E-state index in [9.17, 15) is 14.7 Å². The van der Waals surface area contributed by atoms with Crippen molar-refractivity contribution in [1.29, 1.82) is 0 Å². The van der Waals surface area contributed by atoms with Crippen LogP contribution < -0.4 is 15.5 Å². The molecule has 0 radical (unpaired) electrons. The first kappa shape index (κ1) is 20.3. The summed E-state index contributed by atoms with van der Waals surface area (Å²) in [5.74, 6) is -0.215. The number of urea groups is 1. The third-order valence-corrected chi connectivity index (χ3v) is 5.54. The number of hydrogen-bond acceptors (Lipinski definition) is 5. The van der Waals surface area contributed by atoms with Crippen molar-refractivity contribution in [2.45, 2.75) is 38.7 Å². The third kappa shape index (κ3) is 4.88. The van der Waals surface area contributed by atoms with Gasteiger partial charge in [-0.1, -0.05) is 45.0 Å². The van der Waals surface area contributed by atoms with Crippen LogP contribution in [0.3, 0.4) is 0 Å². The standard InChI is InChI=1S/C20H26N4O3S/c1-20(2,3)14-6-4-13(5-7-14)16(25)11-22-17(26)10-15-12-28-19(23-15)24-9-8-21-18(24)27/h4-7,12,16,25H,8-11H2,1-3H3,(H,21,27)(H,22,26). The van der Waals surface area contributed by atoms with Crippen molar-refractivity contribution in [3.63, 3.8) is 0 Å². The van der Waals surface area contributed by atoms with Gasteiger partial charge in [-0.25, -0.2) is 9.78 Å². The first-order valence-corrected chi connectivity index (χ1v) is 10.2. The van der Waals surface area contributed by atoms with E-state index in [2.05, 4.69) is 36.4 Å². The van der Waals surface area contributed by atoms with E-state index < -0.39 is 6.10 Å². The molecule has 3 amide bonds. The van der Waals surface area contributed by atoms with Crippen molar-refractivity contribution in [1.82, 2.24) is 15.6 Å². The lowest BCUT2D eigenvalue weighted by Gasteiger charge is -2.20. The summed E-state index contributed by atoms with van der Waals surface area (Å²) in [6.07, 6.45) is -0.654. The van der Waals surface area contributed by atoms with Gasteiger partial charge >= 0.3 is 6.03 Å². The molecule has 1 unspecified atom stereocenters. The van der Waals surface area contributed by atoms with Crippen molar-refractivity contribution in [2.75, 3.05) is 24.5 Å². The molecular formula is C20H26N4O3S. The van der Waals surface area contributed by atoms with Gasteiger partial charge < -0.3 is 15.7 Å². The van der Waals surface area contributed by atoms with Crippen LogP contribution in [-0.4, -0.2) is 41.7 Å². The van der Waals surface area contributed by atoms with Crippen LogP contribution in [0.4, 0.5) is 9.93 Å². The van der Waals surface area contributed by atoms with Gasteiger partial charge in [0.15, 0.2) is 5.13 Å². The Bertz CT molecular complexity index is 842. The normalized spacial score (nSPS) is 15.4. The van der Waals surface area contributed by atoms with Crippen molar-refractivity contribution in [3.05, 3.63) is 46.5 Å². The summed E-state index contributed by atoms with van der Waals surface area (Å²) in [5.41, 5.74) is 2.63.